The second-order valence-corrected chi connectivity index (χ2v) is 9.37. The van der Waals surface area contributed by atoms with Crippen molar-refractivity contribution >= 4 is 6.08 Å². The van der Waals surface area contributed by atoms with Gasteiger partial charge in [0.1, 0.15) is 46.0 Å². The molecule has 0 saturated carbocycles. The molecule has 0 amide bonds. The molecule has 2 N–H and O–H groups in total. The van der Waals surface area contributed by atoms with Gasteiger partial charge < -0.3 is 29.2 Å². The molecule has 6 nitrogen and oxygen atoms in total. The van der Waals surface area contributed by atoms with E-state index in [-0.39, 0.29) is 12.2 Å². The number of ether oxygens (including phenoxy) is 4. The molecule has 0 fully saturated rings. The number of rotatable bonds is 3. The summed E-state index contributed by atoms with van der Waals surface area (Å²) in [5.41, 5.74) is 3.21. The lowest BCUT2D eigenvalue weighted by atomic mass is 9.83. The first-order valence-corrected chi connectivity index (χ1v) is 10.8. The maximum absolute atomic E-state index is 11.8. The number of phenols is 1. The lowest BCUT2D eigenvalue weighted by Crippen LogP contribution is -2.44. The molecule has 168 valence electrons. The summed E-state index contributed by atoms with van der Waals surface area (Å²) < 4.78 is 24.8. The summed E-state index contributed by atoms with van der Waals surface area (Å²) in [6, 6.07) is 5.00. The summed E-state index contributed by atoms with van der Waals surface area (Å²) in [5, 5.41) is 22.3. The summed E-state index contributed by atoms with van der Waals surface area (Å²) in [4.78, 5) is 0. The first kappa shape index (κ1) is 20.8. The highest BCUT2D eigenvalue weighted by Crippen LogP contribution is 2.60. The molecule has 6 heteroatoms. The van der Waals surface area contributed by atoms with Crippen LogP contribution in [0.2, 0.25) is 0 Å². The molecule has 2 aromatic carbocycles. The molecule has 3 aliphatic rings. The van der Waals surface area contributed by atoms with E-state index in [1.165, 1.54) is 0 Å². The smallest absolute Gasteiger partial charge is 0.246 e. The van der Waals surface area contributed by atoms with E-state index in [1.807, 2.05) is 39.8 Å². The maximum atomic E-state index is 11.8. The van der Waals surface area contributed by atoms with Crippen LogP contribution in [0, 0.1) is 0 Å². The molecule has 5 rings (SSSR count). The number of methoxy groups -OCH3 is 1. The third-order valence-electron chi connectivity index (χ3n) is 6.18. The van der Waals surface area contributed by atoms with Crippen molar-refractivity contribution in [2.75, 3.05) is 7.11 Å². The van der Waals surface area contributed by atoms with Crippen molar-refractivity contribution in [3.63, 3.8) is 0 Å². The molecule has 0 aliphatic carbocycles. The van der Waals surface area contributed by atoms with E-state index < -0.39 is 17.5 Å². The van der Waals surface area contributed by atoms with E-state index in [2.05, 4.69) is 6.08 Å². The zero-order chi connectivity index (χ0) is 22.8. The Morgan fingerprint density at radius 2 is 2.00 bits per heavy atom. The molecule has 0 aromatic heterocycles. The van der Waals surface area contributed by atoms with Gasteiger partial charge in [-0.25, -0.2) is 0 Å². The summed E-state index contributed by atoms with van der Waals surface area (Å²) in [5.74, 6) is 0.428. The number of aromatic hydroxyl groups is 1. The highest BCUT2D eigenvalue weighted by molar-refractivity contribution is 5.76. The van der Waals surface area contributed by atoms with Crippen molar-refractivity contribution in [2.24, 2.45) is 0 Å². The average molecular weight is 437 g/mol. The largest absolute Gasteiger partial charge is 0.507 e. The molecule has 3 heterocycles. The third kappa shape index (κ3) is 3.05. The first-order chi connectivity index (χ1) is 15.1. The van der Waals surface area contributed by atoms with Gasteiger partial charge in [-0.1, -0.05) is 17.7 Å². The number of hydrogen-bond acceptors (Lipinski definition) is 6. The van der Waals surface area contributed by atoms with Gasteiger partial charge in [0.05, 0.1) is 24.7 Å². The molecule has 0 unspecified atom stereocenters. The van der Waals surface area contributed by atoms with Gasteiger partial charge in [0.15, 0.2) is 0 Å². The molecule has 2 aromatic rings. The van der Waals surface area contributed by atoms with Gasteiger partial charge >= 0.3 is 0 Å². The van der Waals surface area contributed by atoms with Crippen LogP contribution in [0.3, 0.4) is 0 Å². The van der Waals surface area contributed by atoms with Crippen molar-refractivity contribution in [3.05, 3.63) is 58.2 Å². The lowest BCUT2D eigenvalue weighted by Gasteiger charge is -2.45. The van der Waals surface area contributed by atoms with Gasteiger partial charge in [-0.15, -0.1) is 0 Å². The highest BCUT2D eigenvalue weighted by atomic mass is 16.6. The molecular weight excluding hydrogens is 408 g/mol. The zero-order valence-electron chi connectivity index (χ0n) is 19.0. The Balaban J connectivity index is 1.80. The molecule has 0 saturated heterocycles. The Morgan fingerprint density at radius 1 is 1.22 bits per heavy atom. The van der Waals surface area contributed by atoms with Gasteiger partial charge in [0.25, 0.3) is 0 Å². The predicted octanol–water partition coefficient (Wildman–Crippen LogP) is 5.16. The van der Waals surface area contributed by atoms with Gasteiger partial charge in [-0.3, -0.25) is 0 Å². The van der Waals surface area contributed by atoms with Crippen LogP contribution in [0.25, 0.3) is 6.08 Å². The number of phenolic OH excluding ortho intramolecular Hbond substituents is 1. The Labute approximate surface area is 187 Å². The second-order valence-electron chi connectivity index (χ2n) is 9.37. The number of fused-ring (bicyclic) bond motifs is 7. The number of hydrogen-bond donors (Lipinski definition) is 2. The topological polar surface area (TPSA) is 77.4 Å². The molecule has 2 bridgehead atoms. The molecule has 0 radical (unpaired) electrons. The minimum atomic E-state index is -1.67. The van der Waals surface area contributed by atoms with Crippen LogP contribution in [0.5, 0.6) is 28.7 Å². The normalized spacial score (nSPS) is 23.5. The first-order valence-electron chi connectivity index (χ1n) is 10.8. The molecular formula is C26H28O6. The fourth-order valence-corrected chi connectivity index (χ4v) is 4.71. The molecule has 0 spiro atoms. The van der Waals surface area contributed by atoms with Gasteiger partial charge in [0.2, 0.25) is 5.79 Å². The van der Waals surface area contributed by atoms with Crippen LogP contribution in [0.15, 0.2) is 35.9 Å². The summed E-state index contributed by atoms with van der Waals surface area (Å²) >= 11 is 0. The van der Waals surface area contributed by atoms with Crippen molar-refractivity contribution in [2.45, 2.75) is 58.0 Å². The maximum Gasteiger partial charge on any atom is 0.246 e. The minimum absolute atomic E-state index is 0.0779. The van der Waals surface area contributed by atoms with Crippen LogP contribution in [0.1, 0.15) is 62.5 Å². The molecule has 2 atom stereocenters. The zero-order valence-corrected chi connectivity index (χ0v) is 19.0. The van der Waals surface area contributed by atoms with Crippen LogP contribution in [0.4, 0.5) is 0 Å². The van der Waals surface area contributed by atoms with E-state index in [0.29, 0.717) is 40.5 Å². The second kappa shape index (κ2) is 6.94. The fourth-order valence-electron chi connectivity index (χ4n) is 4.71. The quantitative estimate of drug-likeness (QED) is 0.648. The standard InChI is InChI=1S/C26H28O6/c1-14(2)9-10-15-22-16(11-12-25(3,4)32-22)23(29-5)21-24(15)30-19-13-26(21,28)31-18-8-6-7-17(27)20(18)19/h6-9,11-12,19,27-28H,10,13H2,1-5H3/t19-,26-/m1/s1. The Kier molecular flexibility index (Phi) is 4.50. The molecule has 32 heavy (non-hydrogen) atoms. The van der Waals surface area contributed by atoms with Gasteiger partial charge in [-0.2, -0.15) is 0 Å². The highest BCUT2D eigenvalue weighted by Gasteiger charge is 2.52. The minimum Gasteiger partial charge on any atom is -0.507 e. The summed E-state index contributed by atoms with van der Waals surface area (Å²) in [6.45, 7) is 8.05. The monoisotopic (exact) mass is 436 g/mol. The van der Waals surface area contributed by atoms with Crippen LogP contribution >= 0.6 is 0 Å². The number of benzene rings is 2. The Bertz CT molecular complexity index is 1170. The predicted molar refractivity (Wildman–Crippen MR) is 120 cm³/mol. The van der Waals surface area contributed by atoms with Crippen LogP contribution in [-0.2, 0) is 12.2 Å². The van der Waals surface area contributed by atoms with Gasteiger partial charge in [-0.05, 0) is 58.4 Å². The van der Waals surface area contributed by atoms with Gasteiger partial charge in [0, 0.05) is 5.56 Å². The van der Waals surface area contributed by atoms with E-state index in [0.717, 1.165) is 16.7 Å². The van der Waals surface area contributed by atoms with Crippen molar-refractivity contribution < 1.29 is 29.2 Å². The summed E-state index contributed by atoms with van der Waals surface area (Å²) in [7, 11) is 1.57. The lowest BCUT2D eigenvalue weighted by molar-refractivity contribution is -0.192. The SMILES string of the molecule is COc1c2c(c(CC=C(C)C)c3c1[C@@]1(O)C[C@@H](O3)c3c(O)cccc3O1)OC(C)(C)C=C2. The fraction of sp³-hybridized carbons (Fsp3) is 0.385. The van der Waals surface area contributed by atoms with Crippen molar-refractivity contribution in [1.82, 2.24) is 0 Å². The Hall–Kier alpha value is -3.12. The van der Waals surface area contributed by atoms with E-state index in [4.69, 9.17) is 18.9 Å². The van der Waals surface area contributed by atoms with E-state index >= 15 is 0 Å². The average Bonchev–Trinajstić information content (AvgIpc) is 2.70. The van der Waals surface area contributed by atoms with Crippen LogP contribution in [-0.4, -0.2) is 22.9 Å². The third-order valence-corrected chi connectivity index (χ3v) is 6.18. The van der Waals surface area contributed by atoms with E-state index in [9.17, 15) is 10.2 Å². The van der Waals surface area contributed by atoms with E-state index in [1.54, 1.807) is 25.3 Å². The van der Waals surface area contributed by atoms with Crippen molar-refractivity contribution in [1.29, 1.82) is 0 Å². The number of aliphatic hydroxyl groups is 1. The molecule has 3 aliphatic heterocycles. The van der Waals surface area contributed by atoms with Crippen LogP contribution < -0.4 is 18.9 Å². The Morgan fingerprint density at radius 3 is 2.72 bits per heavy atom. The summed E-state index contributed by atoms with van der Waals surface area (Å²) in [6.07, 6.45) is 6.16. The van der Waals surface area contributed by atoms with Crippen molar-refractivity contribution in [3.8, 4) is 28.7 Å². The number of allylic oxidation sites excluding steroid dienone is 2.